The van der Waals surface area contributed by atoms with E-state index in [1.165, 1.54) is 12.4 Å². The number of Topliss-reactive ketones (excluding diaryl/α,β-unsaturated/α-hetero) is 1. The summed E-state index contributed by atoms with van der Waals surface area (Å²) in [5, 5.41) is 2.75. The maximum Gasteiger partial charge on any atom is 0.298 e. The van der Waals surface area contributed by atoms with Gasteiger partial charge in [0, 0.05) is 49.7 Å². The molecule has 39 heavy (non-hydrogen) atoms. The van der Waals surface area contributed by atoms with Crippen molar-refractivity contribution in [3.8, 4) is 16.9 Å². The first-order valence-electron chi connectivity index (χ1n) is 12.7. The number of ketones is 1. The Kier molecular flexibility index (Phi) is 6.22. The van der Waals surface area contributed by atoms with Gasteiger partial charge in [-0.3, -0.25) is 9.59 Å². The Hall–Kier alpha value is -4.73. The highest BCUT2D eigenvalue weighted by molar-refractivity contribution is 6.47. The Bertz CT molecular complexity index is 1550. The lowest BCUT2D eigenvalue weighted by atomic mass is 10.0. The number of benzene rings is 2. The number of piperazine rings is 1. The monoisotopic (exact) mass is 526 g/mol. The fourth-order valence-electron chi connectivity index (χ4n) is 5.24. The van der Waals surface area contributed by atoms with Gasteiger partial charge in [-0.2, -0.15) is 0 Å². The Labute approximate surface area is 224 Å². The predicted molar refractivity (Wildman–Crippen MR) is 146 cm³/mol. The number of ether oxygens (including phenoxy) is 1. The van der Waals surface area contributed by atoms with Crippen LogP contribution in [0, 0.1) is 12.7 Å². The molecule has 10 heteroatoms. The van der Waals surface area contributed by atoms with E-state index in [-0.39, 0.29) is 6.04 Å². The van der Waals surface area contributed by atoms with Crippen molar-refractivity contribution in [1.82, 2.24) is 14.5 Å². The number of hydrogen-bond acceptors (Lipinski definition) is 7. The van der Waals surface area contributed by atoms with Crippen LogP contribution >= 0.6 is 0 Å². The summed E-state index contributed by atoms with van der Waals surface area (Å²) in [6.07, 6.45) is 2.34. The molecule has 198 valence electrons. The maximum atomic E-state index is 13.3. The number of carbonyl (C=O) groups is 2. The number of nitrogens with zero attached hydrogens (tertiary/aromatic N) is 5. The van der Waals surface area contributed by atoms with Gasteiger partial charge >= 0.3 is 0 Å². The van der Waals surface area contributed by atoms with E-state index in [4.69, 9.17) is 4.74 Å². The molecule has 4 aromatic rings. The van der Waals surface area contributed by atoms with Gasteiger partial charge in [-0.1, -0.05) is 30.3 Å². The topological polar surface area (TPSA) is 92.6 Å². The molecule has 2 aliphatic rings. The summed E-state index contributed by atoms with van der Waals surface area (Å²) in [5.41, 5.74) is 4.22. The lowest BCUT2D eigenvalue weighted by molar-refractivity contribution is -0.112. The van der Waals surface area contributed by atoms with Crippen LogP contribution in [0.1, 0.15) is 16.2 Å². The summed E-state index contributed by atoms with van der Waals surface area (Å²) in [6.45, 7) is 4.36. The Morgan fingerprint density at radius 1 is 1.05 bits per heavy atom. The zero-order valence-electron chi connectivity index (χ0n) is 21.6. The number of nitrogens with one attached hydrogen (secondary N) is 1. The van der Waals surface area contributed by atoms with Crippen molar-refractivity contribution in [2.45, 2.75) is 13.0 Å². The minimum Gasteiger partial charge on any atom is -0.489 e. The van der Waals surface area contributed by atoms with Gasteiger partial charge in [0.15, 0.2) is 5.82 Å². The summed E-state index contributed by atoms with van der Waals surface area (Å²) in [6, 6.07) is 17.0. The van der Waals surface area contributed by atoms with Gasteiger partial charge in [0.2, 0.25) is 5.95 Å². The van der Waals surface area contributed by atoms with E-state index in [1.54, 1.807) is 23.7 Å². The molecule has 6 rings (SSSR count). The van der Waals surface area contributed by atoms with Gasteiger partial charge in [0.1, 0.15) is 18.1 Å². The minimum absolute atomic E-state index is 0.0684. The van der Waals surface area contributed by atoms with E-state index >= 15 is 0 Å². The third-order valence-electron chi connectivity index (χ3n) is 7.31. The summed E-state index contributed by atoms with van der Waals surface area (Å²) in [7, 11) is 1.79. The van der Waals surface area contributed by atoms with E-state index in [2.05, 4.69) is 20.2 Å². The predicted octanol–water partition coefficient (Wildman–Crippen LogP) is 3.84. The molecule has 2 aromatic carbocycles. The van der Waals surface area contributed by atoms with Crippen LogP contribution in [0.15, 0.2) is 67.0 Å². The SMILES string of the molecule is Cc1cc(-c2ccccc2)c(C(=O)C(=O)Nc2ccc3c(c2)OC[C@H]2CN(c4ncc(F)cn4)CCN32)n1C. The second-order valence-corrected chi connectivity index (χ2v) is 9.74. The number of fused-ring (bicyclic) bond motifs is 3. The van der Waals surface area contributed by atoms with Crippen LogP contribution in [0.3, 0.4) is 0 Å². The van der Waals surface area contributed by atoms with Gasteiger partial charge in [-0.15, -0.1) is 0 Å². The first-order valence-corrected chi connectivity index (χ1v) is 12.7. The van der Waals surface area contributed by atoms with Crippen molar-refractivity contribution < 1.29 is 18.7 Å². The first kappa shape index (κ1) is 24.6. The lowest BCUT2D eigenvalue weighted by Crippen LogP contribution is -2.57. The van der Waals surface area contributed by atoms with Gasteiger partial charge in [0.05, 0.1) is 24.1 Å². The largest absolute Gasteiger partial charge is 0.489 e. The molecular formula is C29H27FN6O3. The van der Waals surface area contributed by atoms with Gasteiger partial charge < -0.3 is 24.4 Å². The number of hydrogen-bond donors (Lipinski definition) is 1. The Morgan fingerprint density at radius 2 is 1.82 bits per heavy atom. The molecule has 1 amide bonds. The molecule has 0 aliphatic carbocycles. The quantitative estimate of drug-likeness (QED) is 0.312. The van der Waals surface area contributed by atoms with Crippen LogP contribution < -0.4 is 19.9 Å². The molecule has 4 heterocycles. The minimum atomic E-state index is -0.713. The fraction of sp³-hybridized carbons (Fsp3) is 0.241. The highest BCUT2D eigenvalue weighted by atomic mass is 19.1. The van der Waals surface area contributed by atoms with Crippen molar-refractivity contribution in [2.24, 2.45) is 7.05 Å². The third-order valence-corrected chi connectivity index (χ3v) is 7.31. The van der Waals surface area contributed by atoms with Crippen LogP contribution in [0.5, 0.6) is 5.75 Å². The second kappa shape index (κ2) is 9.86. The van der Waals surface area contributed by atoms with Crippen LogP contribution in [0.4, 0.5) is 21.7 Å². The zero-order valence-corrected chi connectivity index (χ0v) is 21.6. The van der Waals surface area contributed by atoms with E-state index in [9.17, 15) is 14.0 Å². The van der Waals surface area contributed by atoms with Crippen molar-refractivity contribution >= 4 is 29.0 Å². The Morgan fingerprint density at radius 3 is 2.59 bits per heavy atom. The van der Waals surface area contributed by atoms with E-state index in [0.717, 1.165) is 22.5 Å². The van der Waals surface area contributed by atoms with E-state index in [0.29, 0.717) is 49.3 Å². The van der Waals surface area contributed by atoms with Crippen LogP contribution in [0.25, 0.3) is 11.1 Å². The fourth-order valence-corrected chi connectivity index (χ4v) is 5.24. The van der Waals surface area contributed by atoms with Crippen molar-refractivity contribution in [3.05, 3.63) is 84.2 Å². The molecule has 1 N–H and O–H groups in total. The molecule has 1 fully saturated rings. The zero-order chi connectivity index (χ0) is 27.1. The summed E-state index contributed by atoms with van der Waals surface area (Å²) < 4.78 is 21.0. The molecule has 0 radical (unpaired) electrons. The van der Waals surface area contributed by atoms with Crippen LogP contribution in [-0.4, -0.2) is 58.5 Å². The van der Waals surface area contributed by atoms with Crippen molar-refractivity contribution in [2.75, 3.05) is 41.4 Å². The Balaban J connectivity index is 1.18. The van der Waals surface area contributed by atoms with Crippen molar-refractivity contribution in [1.29, 1.82) is 0 Å². The number of anilines is 3. The number of rotatable bonds is 5. The van der Waals surface area contributed by atoms with Crippen LogP contribution in [0.2, 0.25) is 0 Å². The van der Waals surface area contributed by atoms with Gasteiger partial charge in [0.25, 0.3) is 11.7 Å². The van der Waals surface area contributed by atoms with E-state index in [1.807, 2.05) is 54.3 Å². The summed E-state index contributed by atoms with van der Waals surface area (Å²) in [5.74, 6) is -0.652. The van der Waals surface area contributed by atoms with Gasteiger partial charge in [-0.05, 0) is 30.7 Å². The molecule has 2 aliphatic heterocycles. The number of amides is 1. The number of carbonyl (C=O) groups excluding carboxylic acids is 2. The molecule has 1 atom stereocenters. The lowest BCUT2D eigenvalue weighted by Gasteiger charge is -2.45. The number of aryl methyl sites for hydroxylation is 1. The second-order valence-electron chi connectivity index (χ2n) is 9.74. The molecular weight excluding hydrogens is 499 g/mol. The molecule has 0 unspecified atom stereocenters. The molecule has 0 saturated carbocycles. The van der Waals surface area contributed by atoms with Crippen LogP contribution in [-0.2, 0) is 11.8 Å². The average Bonchev–Trinajstić information content (AvgIpc) is 3.26. The number of halogens is 1. The molecule has 1 saturated heterocycles. The highest BCUT2D eigenvalue weighted by Crippen LogP contribution is 2.38. The highest BCUT2D eigenvalue weighted by Gasteiger charge is 2.34. The molecule has 0 bridgehead atoms. The molecule has 2 aromatic heterocycles. The summed E-state index contributed by atoms with van der Waals surface area (Å²) >= 11 is 0. The third kappa shape index (κ3) is 4.58. The smallest absolute Gasteiger partial charge is 0.298 e. The van der Waals surface area contributed by atoms with Gasteiger partial charge in [-0.25, -0.2) is 14.4 Å². The average molecular weight is 527 g/mol. The molecule has 9 nitrogen and oxygen atoms in total. The normalized spacial score (nSPS) is 16.2. The first-order chi connectivity index (χ1) is 18.9. The van der Waals surface area contributed by atoms with Crippen molar-refractivity contribution in [3.63, 3.8) is 0 Å². The number of aromatic nitrogens is 3. The summed E-state index contributed by atoms with van der Waals surface area (Å²) in [4.78, 5) is 38.9. The standard InChI is InChI=1S/C29H27FN6O3/c1-18-12-23(19-6-4-3-5-7-19)26(34(18)2)27(37)28(38)33-21-8-9-24-25(13-21)39-17-22-16-35(10-11-36(22)24)29-31-14-20(30)15-32-29/h3-9,12-15,22H,10-11,16-17H2,1-2H3,(H,33,38)/t22-/m1/s1. The molecule has 0 spiro atoms. The maximum absolute atomic E-state index is 13.3. The van der Waals surface area contributed by atoms with E-state index < -0.39 is 17.5 Å².